The number of aliphatic hydroxyl groups excluding tert-OH is 1. The zero-order valence-electron chi connectivity index (χ0n) is 20.6. The van der Waals surface area contributed by atoms with Crippen LogP contribution in [0.2, 0.25) is 0 Å². The lowest BCUT2D eigenvalue weighted by molar-refractivity contribution is 0.294. The van der Waals surface area contributed by atoms with Crippen molar-refractivity contribution in [3.63, 3.8) is 0 Å². The number of aliphatic hydroxyl groups is 1. The summed E-state index contributed by atoms with van der Waals surface area (Å²) in [6, 6.07) is 3.75. The predicted octanol–water partition coefficient (Wildman–Crippen LogP) is 7.79. The first-order valence-corrected chi connectivity index (χ1v) is 12.7. The Bertz CT molecular complexity index is 698. The molecule has 0 heterocycles. The Balaban J connectivity index is 2.32. The van der Waals surface area contributed by atoms with E-state index in [0.29, 0.717) is 29.7 Å². The van der Waals surface area contributed by atoms with Crippen LogP contribution >= 0.6 is 0 Å². The average molecular weight is 431 g/mol. The third kappa shape index (κ3) is 6.75. The van der Waals surface area contributed by atoms with E-state index in [1.165, 1.54) is 44.1 Å². The molecule has 0 spiro atoms. The van der Waals surface area contributed by atoms with E-state index in [0.717, 1.165) is 30.4 Å². The highest BCUT2D eigenvalue weighted by Gasteiger charge is 2.27. The molecule has 3 N–H and O–H groups in total. The lowest BCUT2D eigenvalue weighted by atomic mass is 9.76. The van der Waals surface area contributed by atoms with Gasteiger partial charge in [-0.15, -0.1) is 0 Å². The van der Waals surface area contributed by atoms with Crippen molar-refractivity contribution >= 4 is 5.57 Å². The zero-order chi connectivity index (χ0) is 23.0. The Kier molecular flexibility index (Phi) is 10.4. The van der Waals surface area contributed by atoms with Gasteiger partial charge in [0.25, 0.3) is 0 Å². The van der Waals surface area contributed by atoms with Crippen molar-refractivity contribution in [3.05, 3.63) is 28.8 Å². The second-order valence-corrected chi connectivity index (χ2v) is 10.0. The van der Waals surface area contributed by atoms with E-state index in [1.54, 1.807) is 0 Å². The molecule has 176 valence electrons. The Morgan fingerprint density at radius 2 is 1.65 bits per heavy atom. The Labute approximate surface area is 190 Å². The zero-order valence-corrected chi connectivity index (χ0v) is 20.6. The number of hydrogen-bond acceptors (Lipinski definition) is 3. The highest BCUT2D eigenvalue weighted by atomic mass is 16.3. The Morgan fingerprint density at radius 3 is 2.23 bits per heavy atom. The molecule has 31 heavy (non-hydrogen) atoms. The third-order valence-electron chi connectivity index (χ3n) is 7.80. The van der Waals surface area contributed by atoms with Gasteiger partial charge in [0, 0.05) is 6.61 Å². The monoisotopic (exact) mass is 430 g/mol. The van der Waals surface area contributed by atoms with Gasteiger partial charge in [-0.1, -0.05) is 78.7 Å². The van der Waals surface area contributed by atoms with Crippen LogP contribution in [-0.4, -0.2) is 21.9 Å². The van der Waals surface area contributed by atoms with Gasteiger partial charge < -0.3 is 15.3 Å². The van der Waals surface area contributed by atoms with E-state index in [9.17, 15) is 15.3 Å². The van der Waals surface area contributed by atoms with E-state index < -0.39 is 0 Å². The van der Waals surface area contributed by atoms with E-state index >= 15 is 0 Å². The molecule has 0 aromatic heterocycles. The first-order chi connectivity index (χ1) is 14.8. The largest absolute Gasteiger partial charge is 0.507 e. The number of rotatable bonds is 12. The minimum absolute atomic E-state index is 0.113. The van der Waals surface area contributed by atoms with Gasteiger partial charge in [0.15, 0.2) is 0 Å². The number of phenolic OH excluding ortho intramolecular Hbond substituents is 2. The molecule has 3 heteroatoms. The van der Waals surface area contributed by atoms with Crippen molar-refractivity contribution in [2.75, 3.05) is 6.61 Å². The standard InChI is InChI=1S/C28H46O3/c1-6-8-10-19(3)20(4)21(5)24-17-26(30)28(27(31)18-24)25-16-22(11-9-7-2)12-13-23(25)14-15-29/h17-22,29-31H,6-16H2,1-5H3. The van der Waals surface area contributed by atoms with Gasteiger partial charge in [-0.05, 0) is 72.6 Å². The summed E-state index contributed by atoms with van der Waals surface area (Å²) in [7, 11) is 0. The third-order valence-corrected chi connectivity index (χ3v) is 7.80. The fraction of sp³-hybridized carbons (Fsp3) is 0.714. The number of allylic oxidation sites excluding steroid dienone is 1. The van der Waals surface area contributed by atoms with Gasteiger partial charge in [0.1, 0.15) is 11.5 Å². The minimum atomic E-state index is 0.113. The van der Waals surface area contributed by atoms with Crippen LogP contribution in [0.5, 0.6) is 11.5 Å². The topological polar surface area (TPSA) is 60.7 Å². The number of phenols is 2. The predicted molar refractivity (Wildman–Crippen MR) is 132 cm³/mol. The Hall–Kier alpha value is -1.48. The number of hydrogen-bond donors (Lipinski definition) is 3. The molecule has 0 radical (unpaired) electrons. The molecule has 0 saturated heterocycles. The molecule has 1 aliphatic rings. The van der Waals surface area contributed by atoms with Crippen LogP contribution in [0.4, 0.5) is 0 Å². The molecule has 0 fully saturated rings. The molecule has 1 aromatic rings. The van der Waals surface area contributed by atoms with E-state index in [4.69, 9.17) is 0 Å². The van der Waals surface area contributed by atoms with Crippen LogP contribution in [0.3, 0.4) is 0 Å². The van der Waals surface area contributed by atoms with Crippen LogP contribution in [-0.2, 0) is 0 Å². The maximum atomic E-state index is 11.0. The number of unbranched alkanes of at least 4 members (excludes halogenated alkanes) is 2. The summed E-state index contributed by atoms with van der Waals surface area (Å²) >= 11 is 0. The molecule has 0 amide bonds. The summed E-state index contributed by atoms with van der Waals surface area (Å²) < 4.78 is 0. The molecule has 4 atom stereocenters. The SMILES string of the molecule is CCCCC1CCC(CCO)=C(c2c(O)cc(C(C)C(C)C(C)CCCC)cc2O)C1. The van der Waals surface area contributed by atoms with Crippen LogP contribution < -0.4 is 0 Å². The maximum absolute atomic E-state index is 11.0. The Morgan fingerprint density at radius 1 is 1.00 bits per heavy atom. The molecule has 0 saturated carbocycles. The van der Waals surface area contributed by atoms with Crippen LogP contribution in [0, 0.1) is 17.8 Å². The highest BCUT2D eigenvalue weighted by Crippen LogP contribution is 2.46. The summed E-state index contributed by atoms with van der Waals surface area (Å²) in [5.74, 6) is 2.33. The van der Waals surface area contributed by atoms with Crippen LogP contribution in [0.1, 0.15) is 116 Å². The lowest BCUT2D eigenvalue weighted by Crippen LogP contribution is -2.16. The van der Waals surface area contributed by atoms with Crippen LogP contribution in [0.25, 0.3) is 5.57 Å². The molecule has 1 aliphatic carbocycles. The second kappa shape index (κ2) is 12.5. The van der Waals surface area contributed by atoms with Crippen molar-refractivity contribution in [2.45, 2.75) is 105 Å². The van der Waals surface area contributed by atoms with Crippen molar-refractivity contribution in [3.8, 4) is 11.5 Å². The van der Waals surface area contributed by atoms with E-state index in [1.807, 2.05) is 12.1 Å². The molecule has 1 aromatic carbocycles. The minimum Gasteiger partial charge on any atom is -0.507 e. The van der Waals surface area contributed by atoms with Crippen molar-refractivity contribution in [2.24, 2.45) is 17.8 Å². The molecular weight excluding hydrogens is 384 g/mol. The summed E-state index contributed by atoms with van der Waals surface area (Å²) in [6.45, 7) is 11.4. The molecule has 0 aliphatic heterocycles. The maximum Gasteiger partial charge on any atom is 0.127 e. The van der Waals surface area contributed by atoms with Gasteiger partial charge in [-0.2, -0.15) is 0 Å². The number of aromatic hydroxyl groups is 2. The highest BCUT2D eigenvalue weighted by molar-refractivity contribution is 5.78. The van der Waals surface area contributed by atoms with Crippen molar-refractivity contribution in [1.29, 1.82) is 0 Å². The van der Waals surface area contributed by atoms with Gasteiger partial charge in [0.2, 0.25) is 0 Å². The molecule has 4 unspecified atom stereocenters. The van der Waals surface area contributed by atoms with E-state index in [2.05, 4.69) is 34.6 Å². The quantitative estimate of drug-likeness (QED) is 0.317. The summed E-state index contributed by atoms with van der Waals surface area (Å²) in [6.07, 6.45) is 10.9. The lowest BCUT2D eigenvalue weighted by Gasteiger charge is -2.30. The fourth-order valence-electron chi connectivity index (χ4n) is 5.28. The molecule has 0 bridgehead atoms. The fourth-order valence-corrected chi connectivity index (χ4v) is 5.28. The van der Waals surface area contributed by atoms with Gasteiger partial charge in [-0.3, -0.25) is 0 Å². The summed E-state index contributed by atoms with van der Waals surface area (Å²) in [5.41, 5.74) is 3.88. The van der Waals surface area contributed by atoms with Crippen molar-refractivity contribution < 1.29 is 15.3 Å². The first-order valence-electron chi connectivity index (χ1n) is 12.7. The normalized spacial score (nSPS) is 20.0. The van der Waals surface area contributed by atoms with Gasteiger partial charge in [0.05, 0.1) is 5.56 Å². The first kappa shape index (κ1) is 25.8. The van der Waals surface area contributed by atoms with E-state index in [-0.39, 0.29) is 24.0 Å². The molecular formula is C28H46O3. The summed E-state index contributed by atoms with van der Waals surface area (Å²) in [4.78, 5) is 0. The average Bonchev–Trinajstić information content (AvgIpc) is 2.75. The summed E-state index contributed by atoms with van der Waals surface area (Å²) in [5, 5.41) is 31.6. The van der Waals surface area contributed by atoms with Gasteiger partial charge >= 0.3 is 0 Å². The van der Waals surface area contributed by atoms with Gasteiger partial charge in [-0.25, -0.2) is 0 Å². The molecule has 2 rings (SSSR count). The van der Waals surface area contributed by atoms with Crippen molar-refractivity contribution in [1.82, 2.24) is 0 Å². The second-order valence-electron chi connectivity index (χ2n) is 10.0. The van der Waals surface area contributed by atoms with Crippen LogP contribution in [0.15, 0.2) is 17.7 Å². The molecule has 3 nitrogen and oxygen atoms in total. The smallest absolute Gasteiger partial charge is 0.127 e. The number of benzene rings is 1.